The van der Waals surface area contributed by atoms with Crippen molar-refractivity contribution in [2.45, 2.75) is 226 Å². The Balaban J connectivity index is 0.000000142. The van der Waals surface area contributed by atoms with Gasteiger partial charge in [-0.05, 0) is 272 Å². The number of benzene rings is 5. The van der Waals surface area contributed by atoms with Crippen molar-refractivity contribution in [1.29, 1.82) is 0 Å². The van der Waals surface area contributed by atoms with Crippen molar-refractivity contribution in [2.24, 2.45) is 59.2 Å². The number of piperidine rings is 5. The summed E-state index contributed by atoms with van der Waals surface area (Å²) in [7, 11) is 16.8. The maximum absolute atomic E-state index is 10.6. The minimum absolute atomic E-state index is 0.210. The van der Waals surface area contributed by atoms with Crippen molar-refractivity contribution in [3.8, 4) is 57.5 Å². The van der Waals surface area contributed by atoms with Crippen LogP contribution in [0.1, 0.15) is 219 Å². The van der Waals surface area contributed by atoms with E-state index in [0.29, 0.717) is 89.4 Å². The molecule has 10 heterocycles. The number of ether oxygens (including phenoxy) is 10. The number of aliphatic hydroxyl groups excluding tert-OH is 5. The normalized spacial score (nSPS) is 27.5. The smallest absolute Gasteiger partial charge is 0.161 e. The van der Waals surface area contributed by atoms with Crippen LogP contribution in [0.3, 0.4) is 0 Å². The molecule has 0 aliphatic carbocycles. The molecule has 15 atom stereocenters. The first kappa shape index (κ1) is 89.5. The van der Waals surface area contributed by atoms with Crippen LogP contribution in [0.4, 0.5) is 0 Å². The molecular formula is C95H145N5O15. The molecule has 115 heavy (non-hydrogen) atoms. The number of rotatable bonds is 20. The Morgan fingerprint density at radius 1 is 0.243 bits per heavy atom. The van der Waals surface area contributed by atoms with Crippen LogP contribution in [0.15, 0.2) is 60.7 Å². The van der Waals surface area contributed by atoms with Crippen LogP contribution in [0.5, 0.6) is 57.5 Å². The Hall–Kier alpha value is -6.30. The molecule has 5 saturated heterocycles. The minimum atomic E-state index is -0.210. The van der Waals surface area contributed by atoms with E-state index < -0.39 is 0 Å². The van der Waals surface area contributed by atoms with E-state index in [2.05, 4.69) is 154 Å². The molecule has 10 aliphatic rings. The Morgan fingerprint density at radius 2 is 0.383 bits per heavy atom. The first-order valence-corrected chi connectivity index (χ1v) is 43.5. The fraction of sp³-hybridized carbons (Fsp3) is 0.684. The van der Waals surface area contributed by atoms with Gasteiger partial charge in [0.25, 0.3) is 0 Å². The molecule has 20 nitrogen and oxygen atoms in total. The third-order valence-corrected chi connectivity index (χ3v) is 26.8. The molecule has 0 radical (unpaired) electrons. The van der Waals surface area contributed by atoms with Crippen LogP contribution in [-0.2, 0) is 32.1 Å². The van der Waals surface area contributed by atoms with E-state index in [1.165, 1.54) is 55.6 Å². The van der Waals surface area contributed by atoms with Crippen LogP contribution in [0.25, 0.3) is 0 Å². The zero-order valence-electron chi connectivity index (χ0n) is 73.6. The van der Waals surface area contributed by atoms with Gasteiger partial charge in [-0.2, -0.15) is 0 Å². The van der Waals surface area contributed by atoms with Gasteiger partial charge in [0.15, 0.2) is 57.5 Å². The number of fused-ring (bicyclic) bond motifs is 15. The highest BCUT2D eigenvalue weighted by Crippen LogP contribution is 2.50. The van der Waals surface area contributed by atoms with E-state index in [-0.39, 0.29) is 30.5 Å². The molecule has 0 spiro atoms. The molecule has 3 unspecified atom stereocenters. The number of hydrogen-bond donors (Lipinski definition) is 5. The van der Waals surface area contributed by atoms with Gasteiger partial charge in [0, 0.05) is 95.7 Å². The monoisotopic (exact) mass is 1600 g/mol. The van der Waals surface area contributed by atoms with Gasteiger partial charge in [-0.3, -0.25) is 24.5 Å². The van der Waals surface area contributed by atoms with E-state index in [1.807, 2.05) is 0 Å². The van der Waals surface area contributed by atoms with Gasteiger partial charge in [0.05, 0.1) is 102 Å². The molecule has 15 rings (SSSR count). The molecule has 5 N–H and O–H groups in total. The van der Waals surface area contributed by atoms with Crippen LogP contribution in [0.2, 0.25) is 0 Å². The van der Waals surface area contributed by atoms with Gasteiger partial charge in [0.2, 0.25) is 0 Å². The highest BCUT2D eigenvalue weighted by Gasteiger charge is 2.45. The number of hydrogen-bond acceptors (Lipinski definition) is 20. The molecule has 0 aromatic heterocycles. The Labute approximate surface area is 689 Å². The Kier molecular flexibility index (Phi) is 31.6. The molecule has 5 fully saturated rings. The third kappa shape index (κ3) is 21.1. The van der Waals surface area contributed by atoms with E-state index >= 15 is 0 Å². The fourth-order valence-electron chi connectivity index (χ4n) is 21.3. The molecule has 640 valence electrons. The summed E-state index contributed by atoms with van der Waals surface area (Å²) in [6.07, 6.45) is 13.7. The van der Waals surface area contributed by atoms with E-state index in [4.69, 9.17) is 47.4 Å². The quantitative estimate of drug-likeness (QED) is 0.0491. The van der Waals surface area contributed by atoms with Gasteiger partial charge < -0.3 is 72.9 Å². The summed E-state index contributed by atoms with van der Waals surface area (Å²) in [5.74, 6) is 13.1. The third-order valence-electron chi connectivity index (χ3n) is 26.8. The van der Waals surface area contributed by atoms with E-state index in [1.54, 1.807) is 71.1 Å². The highest BCUT2D eigenvalue weighted by molar-refractivity contribution is 5.54. The standard InChI is InChI=1S/5C19H29NO3/c5*1-12(2)7-14-11-20-6-5-13-8-18(22-3)19(23-4)9-15(13)16(20)10-17(14)21/h5*8-9,12,14,16-17,21H,5-7,10-11H2,1-4H3/t2*14-,16-,17+;2*14-,16-,17-;/m1010./s1. The van der Waals surface area contributed by atoms with Crippen molar-refractivity contribution in [3.63, 3.8) is 0 Å². The van der Waals surface area contributed by atoms with Gasteiger partial charge >= 0.3 is 0 Å². The zero-order valence-corrected chi connectivity index (χ0v) is 73.6. The molecule has 20 heteroatoms. The lowest BCUT2D eigenvalue weighted by Gasteiger charge is -2.46. The van der Waals surface area contributed by atoms with Gasteiger partial charge in [0.1, 0.15) is 0 Å². The second-order valence-corrected chi connectivity index (χ2v) is 36.8. The van der Waals surface area contributed by atoms with Gasteiger partial charge in [-0.15, -0.1) is 0 Å². The first-order valence-electron chi connectivity index (χ1n) is 43.5. The SMILES string of the molecule is COc1cc2c(cc1OC)C1CC(O)C(CC(C)C)CN1CC2.COc1cc2c(cc1OC)[C@@H]1C[C@@H](O)[C@@H](CC(C)C)CN1CC2.COc1cc2c(cc1OC)[C@@H]1C[C@H](O)[C@@H](CC(C)C)CN1CC2.COc1cc2c(cc1OC)[C@H]1C[C@@H](O)[C@H](CC(C)C)CN1CC2.COc1cc2c(cc1OC)[C@H]1C[C@H](O)[C@H](CC(C)C)CN1CC2. The topological polar surface area (TPSA) is 210 Å². The van der Waals surface area contributed by atoms with Gasteiger partial charge in [-0.25, -0.2) is 0 Å². The van der Waals surface area contributed by atoms with E-state index in [9.17, 15) is 25.5 Å². The molecular weight excluding hydrogens is 1450 g/mol. The summed E-state index contributed by atoms with van der Waals surface area (Å²) in [6, 6.07) is 22.6. The number of aliphatic hydroxyl groups is 5. The summed E-state index contributed by atoms with van der Waals surface area (Å²) in [4.78, 5) is 12.7. The van der Waals surface area contributed by atoms with Crippen molar-refractivity contribution < 1.29 is 72.9 Å². The predicted molar refractivity (Wildman–Crippen MR) is 456 cm³/mol. The summed E-state index contributed by atoms with van der Waals surface area (Å²) in [5, 5.41) is 53.1. The van der Waals surface area contributed by atoms with Crippen LogP contribution in [0, 0.1) is 59.2 Å². The maximum Gasteiger partial charge on any atom is 0.161 e. The lowest BCUT2D eigenvalue weighted by atomic mass is 9.79. The van der Waals surface area contributed by atoms with Crippen molar-refractivity contribution in [1.82, 2.24) is 24.5 Å². The Morgan fingerprint density at radius 3 is 0.513 bits per heavy atom. The van der Waals surface area contributed by atoms with Crippen LogP contribution in [-0.4, -0.2) is 217 Å². The van der Waals surface area contributed by atoms with E-state index in [0.717, 1.165) is 219 Å². The predicted octanol–water partition coefficient (Wildman–Crippen LogP) is 15.1. The highest BCUT2D eigenvalue weighted by atomic mass is 16.5. The number of methoxy groups -OCH3 is 10. The molecule has 5 aromatic rings. The molecule has 5 aromatic carbocycles. The van der Waals surface area contributed by atoms with Crippen molar-refractivity contribution >= 4 is 0 Å². The summed E-state index contributed by atoms with van der Waals surface area (Å²) in [6.45, 7) is 32.7. The second kappa shape index (κ2) is 40.6. The number of nitrogens with zero attached hydrogens (tertiary/aromatic N) is 5. The maximum atomic E-state index is 10.6. The minimum Gasteiger partial charge on any atom is -0.493 e. The average Bonchev–Trinajstić information content (AvgIpc) is 0.791. The molecule has 0 saturated carbocycles. The molecule has 10 aliphatic heterocycles. The summed E-state index contributed by atoms with van der Waals surface area (Å²) >= 11 is 0. The Bertz CT molecular complexity index is 3370. The fourth-order valence-corrected chi connectivity index (χ4v) is 21.3. The van der Waals surface area contributed by atoms with Gasteiger partial charge in [-0.1, -0.05) is 69.2 Å². The first-order chi connectivity index (χ1) is 55.1. The average molecular weight is 1600 g/mol. The van der Waals surface area contributed by atoms with Crippen LogP contribution >= 0.6 is 0 Å². The lowest BCUT2D eigenvalue weighted by Crippen LogP contribution is -2.48. The van der Waals surface area contributed by atoms with Crippen molar-refractivity contribution in [2.75, 3.05) is 137 Å². The largest absolute Gasteiger partial charge is 0.493 e. The molecule has 0 bridgehead atoms. The summed E-state index contributed by atoms with van der Waals surface area (Å²) < 4.78 is 54.5. The molecule has 0 amide bonds. The lowest BCUT2D eigenvalue weighted by molar-refractivity contribution is -0.0192. The zero-order chi connectivity index (χ0) is 82.8. The van der Waals surface area contributed by atoms with Crippen LogP contribution < -0.4 is 47.4 Å². The second-order valence-electron chi connectivity index (χ2n) is 36.8. The van der Waals surface area contributed by atoms with Crippen molar-refractivity contribution in [3.05, 3.63) is 116 Å². The summed E-state index contributed by atoms with van der Waals surface area (Å²) in [5.41, 5.74) is 13.2.